The maximum absolute atomic E-state index is 13.0. The fourth-order valence-electron chi connectivity index (χ4n) is 4.05. The van der Waals surface area contributed by atoms with Crippen LogP contribution in [0.25, 0.3) is 0 Å². The van der Waals surface area contributed by atoms with Crippen molar-refractivity contribution in [3.8, 4) is 5.75 Å². The Labute approximate surface area is 236 Å². The summed E-state index contributed by atoms with van der Waals surface area (Å²) in [6.45, 7) is 11.8. The Hall–Kier alpha value is -1.87. The predicted molar refractivity (Wildman–Crippen MR) is 156 cm³/mol. The first kappa shape index (κ1) is 36.1. The number of halogens is 1. The highest BCUT2D eigenvalue weighted by Gasteiger charge is 2.28. The molecular weight excluding hydrogens is 506 g/mol. The first-order valence-corrected chi connectivity index (χ1v) is 13.7. The first-order chi connectivity index (χ1) is 17.5. The van der Waals surface area contributed by atoms with E-state index >= 15 is 0 Å². The first-order valence-electron chi connectivity index (χ1n) is 13.7. The maximum Gasteiger partial charge on any atom is 0.255 e. The molecular formula is C29H52ClN3O5. The summed E-state index contributed by atoms with van der Waals surface area (Å²) in [5.41, 5.74) is 6.34. The van der Waals surface area contributed by atoms with Crippen LogP contribution in [0.5, 0.6) is 5.75 Å². The van der Waals surface area contributed by atoms with E-state index in [-0.39, 0.29) is 42.6 Å². The zero-order chi connectivity index (χ0) is 27.8. The van der Waals surface area contributed by atoms with Crippen LogP contribution in [0.3, 0.4) is 0 Å². The molecule has 1 rings (SSSR count). The van der Waals surface area contributed by atoms with Gasteiger partial charge in [0, 0.05) is 38.3 Å². The van der Waals surface area contributed by atoms with Crippen molar-refractivity contribution in [3.05, 3.63) is 29.8 Å². The average Bonchev–Trinajstić information content (AvgIpc) is 2.87. The van der Waals surface area contributed by atoms with Crippen molar-refractivity contribution in [2.45, 2.75) is 85.3 Å². The number of hydrogen-bond donors (Lipinski definition) is 4. The van der Waals surface area contributed by atoms with E-state index in [9.17, 15) is 14.7 Å². The van der Waals surface area contributed by atoms with Crippen LogP contribution < -0.4 is 21.1 Å². The summed E-state index contributed by atoms with van der Waals surface area (Å²) >= 11 is 0. The molecule has 2 amide bonds. The quantitative estimate of drug-likeness (QED) is 0.188. The molecule has 3 unspecified atom stereocenters. The molecule has 0 spiro atoms. The average molecular weight is 558 g/mol. The van der Waals surface area contributed by atoms with Gasteiger partial charge in [-0.25, -0.2) is 0 Å². The van der Waals surface area contributed by atoms with Crippen LogP contribution in [0, 0.1) is 17.3 Å². The van der Waals surface area contributed by atoms with Crippen molar-refractivity contribution in [2.75, 3.05) is 33.4 Å². The molecule has 1 aromatic rings. The van der Waals surface area contributed by atoms with Crippen LogP contribution >= 0.6 is 12.4 Å². The fraction of sp³-hybridized carbons (Fsp3) is 0.724. The molecule has 0 fully saturated rings. The molecule has 0 aliphatic heterocycles. The van der Waals surface area contributed by atoms with Crippen LogP contribution in [0.1, 0.15) is 83.5 Å². The maximum atomic E-state index is 13.0. The number of hydrogen-bond acceptors (Lipinski definition) is 6. The third-order valence-electron chi connectivity index (χ3n) is 6.91. The lowest BCUT2D eigenvalue weighted by molar-refractivity contribution is -0.130. The second-order valence-electron chi connectivity index (χ2n) is 10.9. The second kappa shape index (κ2) is 19.2. The summed E-state index contributed by atoms with van der Waals surface area (Å²) in [5, 5.41) is 16.5. The Bertz CT molecular complexity index is 806. The Morgan fingerprint density at radius 3 is 2.34 bits per heavy atom. The molecule has 9 heteroatoms. The number of carbonyl (C=O) groups excluding carboxylic acids is 2. The van der Waals surface area contributed by atoms with Gasteiger partial charge in [-0.2, -0.15) is 0 Å². The highest BCUT2D eigenvalue weighted by molar-refractivity contribution is 5.96. The summed E-state index contributed by atoms with van der Waals surface area (Å²) in [5.74, 6) is 0.595. The third-order valence-corrected chi connectivity index (χ3v) is 6.91. The van der Waals surface area contributed by atoms with E-state index in [0.717, 1.165) is 32.1 Å². The molecule has 3 atom stereocenters. The van der Waals surface area contributed by atoms with Gasteiger partial charge < -0.3 is 30.9 Å². The lowest BCUT2D eigenvalue weighted by Crippen LogP contribution is -2.48. The van der Waals surface area contributed by atoms with E-state index in [1.54, 1.807) is 19.2 Å². The smallest absolute Gasteiger partial charge is 0.255 e. The van der Waals surface area contributed by atoms with Gasteiger partial charge in [-0.15, -0.1) is 12.4 Å². The molecule has 0 saturated carbocycles. The number of aliphatic hydroxyl groups excluding tert-OH is 1. The second-order valence-corrected chi connectivity index (χ2v) is 10.9. The molecule has 0 aliphatic carbocycles. The van der Waals surface area contributed by atoms with Crippen LogP contribution in [-0.2, 0) is 9.53 Å². The minimum absolute atomic E-state index is 0. The van der Waals surface area contributed by atoms with Crippen molar-refractivity contribution in [3.63, 3.8) is 0 Å². The lowest BCUT2D eigenvalue weighted by atomic mass is 9.85. The number of aliphatic hydroxyl groups is 1. The fourth-order valence-corrected chi connectivity index (χ4v) is 4.05. The van der Waals surface area contributed by atoms with Crippen LogP contribution in [0.2, 0.25) is 0 Å². The molecule has 220 valence electrons. The van der Waals surface area contributed by atoms with Crippen LogP contribution in [-0.4, -0.2) is 62.5 Å². The van der Waals surface area contributed by atoms with Gasteiger partial charge in [0.1, 0.15) is 5.75 Å². The van der Waals surface area contributed by atoms with E-state index in [0.29, 0.717) is 37.5 Å². The highest BCUT2D eigenvalue weighted by Crippen LogP contribution is 2.24. The number of carbonyl (C=O) groups is 2. The molecule has 5 N–H and O–H groups in total. The van der Waals surface area contributed by atoms with E-state index < -0.39 is 17.6 Å². The number of rotatable bonds is 19. The predicted octanol–water partition coefficient (Wildman–Crippen LogP) is 4.33. The van der Waals surface area contributed by atoms with Gasteiger partial charge in [-0.05, 0) is 49.7 Å². The van der Waals surface area contributed by atoms with E-state index in [4.69, 9.17) is 15.2 Å². The topological polar surface area (TPSA) is 123 Å². The van der Waals surface area contributed by atoms with Crippen LogP contribution in [0.4, 0.5) is 0 Å². The third kappa shape index (κ3) is 13.3. The number of nitrogens with two attached hydrogens (primary N) is 1. The zero-order valence-corrected chi connectivity index (χ0v) is 25.1. The summed E-state index contributed by atoms with van der Waals surface area (Å²) < 4.78 is 10.9. The molecule has 0 heterocycles. The van der Waals surface area contributed by atoms with Crippen molar-refractivity contribution >= 4 is 24.2 Å². The van der Waals surface area contributed by atoms with Gasteiger partial charge in [0.25, 0.3) is 5.91 Å². The number of amides is 2. The number of ether oxygens (including phenoxy) is 2. The lowest BCUT2D eigenvalue weighted by Gasteiger charge is -2.29. The molecule has 1 aromatic carbocycles. The van der Waals surface area contributed by atoms with Crippen molar-refractivity contribution in [1.29, 1.82) is 0 Å². The van der Waals surface area contributed by atoms with Gasteiger partial charge in [0.2, 0.25) is 5.91 Å². The van der Waals surface area contributed by atoms with Crippen molar-refractivity contribution in [1.82, 2.24) is 10.6 Å². The number of benzene rings is 1. The van der Waals surface area contributed by atoms with Crippen molar-refractivity contribution < 1.29 is 24.2 Å². The van der Waals surface area contributed by atoms with Gasteiger partial charge in [0.15, 0.2) is 0 Å². The molecule has 8 nitrogen and oxygen atoms in total. The van der Waals surface area contributed by atoms with Crippen molar-refractivity contribution in [2.24, 2.45) is 23.0 Å². The molecule has 0 radical (unpaired) electrons. The number of nitrogens with one attached hydrogen (secondary N) is 2. The van der Waals surface area contributed by atoms with E-state index in [1.165, 1.54) is 0 Å². The van der Waals surface area contributed by atoms with Gasteiger partial charge in [-0.1, -0.05) is 59.6 Å². The summed E-state index contributed by atoms with van der Waals surface area (Å²) in [4.78, 5) is 25.5. The van der Waals surface area contributed by atoms with Gasteiger partial charge in [-0.3, -0.25) is 9.59 Å². The molecule has 0 aromatic heterocycles. The molecule has 0 saturated heterocycles. The zero-order valence-electron chi connectivity index (χ0n) is 24.3. The van der Waals surface area contributed by atoms with Gasteiger partial charge in [0.05, 0.1) is 18.3 Å². The minimum atomic E-state index is -0.866. The number of para-hydroxylation sites is 1. The largest absolute Gasteiger partial charge is 0.493 e. The molecule has 0 bridgehead atoms. The summed E-state index contributed by atoms with van der Waals surface area (Å²) in [7, 11) is 1.67. The number of methoxy groups -OCH3 is 1. The van der Waals surface area contributed by atoms with Crippen LogP contribution in [0.15, 0.2) is 24.3 Å². The standard InChI is InChI=1S/C29H51N3O5.ClH/c1-7-8-15-29(4,5)28(35)32-20-25(33)24(30)18-22(21(2)3)19-31-27(34)23-13-9-10-14-26(23)37-17-12-11-16-36-6;/h9-10,13-14,21-22,24-25,33H,7-8,11-12,15-20,30H2,1-6H3,(H,31,34)(H,32,35);1H. The van der Waals surface area contributed by atoms with E-state index in [1.807, 2.05) is 26.0 Å². The monoisotopic (exact) mass is 557 g/mol. The molecule has 0 aliphatic rings. The Morgan fingerprint density at radius 1 is 1.05 bits per heavy atom. The summed E-state index contributed by atoms with van der Waals surface area (Å²) in [6, 6.07) is 6.70. The minimum Gasteiger partial charge on any atom is -0.493 e. The number of unbranched alkanes of at least 4 members (excludes halogenated alkanes) is 2. The van der Waals surface area contributed by atoms with E-state index in [2.05, 4.69) is 31.4 Å². The highest BCUT2D eigenvalue weighted by atomic mass is 35.5. The SMILES string of the molecule is CCCCC(C)(C)C(=O)NCC(O)C(N)CC(CNC(=O)c1ccccc1OCCCCOC)C(C)C.Cl. The summed E-state index contributed by atoms with van der Waals surface area (Å²) in [6.07, 6.45) is 4.21. The normalized spacial score (nSPS) is 13.8. The Balaban J connectivity index is 0.0000137. The Kier molecular flexibility index (Phi) is 18.3. The molecule has 38 heavy (non-hydrogen) atoms. The Morgan fingerprint density at radius 2 is 1.71 bits per heavy atom. The van der Waals surface area contributed by atoms with Gasteiger partial charge >= 0.3 is 0 Å².